The van der Waals surface area contributed by atoms with Crippen LogP contribution < -0.4 is 0 Å². The molecule has 1 aromatic rings. The molecule has 28 heavy (non-hydrogen) atoms. The maximum absolute atomic E-state index is 11.4. The molecule has 0 radical (unpaired) electrons. The Bertz CT molecular complexity index is 582. The molecule has 1 rings (SSSR count). The second kappa shape index (κ2) is 9.68. The van der Waals surface area contributed by atoms with Gasteiger partial charge in [-0.3, -0.25) is 0 Å². The third-order valence-corrected chi connectivity index (χ3v) is 6.74. The molecule has 0 saturated carbocycles. The van der Waals surface area contributed by atoms with E-state index in [0.29, 0.717) is 11.7 Å². The van der Waals surface area contributed by atoms with E-state index in [-0.39, 0.29) is 16.2 Å². The highest BCUT2D eigenvalue weighted by Crippen LogP contribution is 2.46. The molecule has 1 N–H and O–H groups in total. The van der Waals surface area contributed by atoms with E-state index in [0.717, 1.165) is 36.8 Å². The summed E-state index contributed by atoms with van der Waals surface area (Å²) in [6, 6.07) is 4.66. The Hall–Kier alpha value is -0.980. The van der Waals surface area contributed by atoms with E-state index in [2.05, 4.69) is 81.4 Å². The molecule has 0 fully saturated rings. The fourth-order valence-electron chi connectivity index (χ4n) is 5.16. The van der Waals surface area contributed by atoms with Gasteiger partial charge < -0.3 is 5.11 Å². The summed E-state index contributed by atoms with van der Waals surface area (Å²) in [5.41, 5.74) is 3.75. The number of hydrogen-bond donors (Lipinski definition) is 1. The van der Waals surface area contributed by atoms with E-state index in [1.54, 1.807) is 0 Å². The number of phenolic OH excluding ortho intramolecular Hbond substituents is 1. The minimum absolute atomic E-state index is 0.0169. The first-order valence-corrected chi connectivity index (χ1v) is 11.7. The van der Waals surface area contributed by atoms with Crippen molar-refractivity contribution in [3.05, 3.63) is 28.8 Å². The Morgan fingerprint density at radius 2 is 1.18 bits per heavy atom. The van der Waals surface area contributed by atoms with E-state index in [1.807, 2.05) is 0 Å². The molecule has 1 atom stereocenters. The molecule has 1 nitrogen and oxygen atoms in total. The Morgan fingerprint density at radius 3 is 1.54 bits per heavy atom. The Balaban J connectivity index is 3.61. The highest BCUT2D eigenvalue weighted by molar-refractivity contribution is 5.51. The van der Waals surface area contributed by atoms with Crippen LogP contribution in [0.2, 0.25) is 0 Å². The van der Waals surface area contributed by atoms with E-state index in [1.165, 1.54) is 24.8 Å². The van der Waals surface area contributed by atoms with Crippen LogP contribution >= 0.6 is 0 Å². The maximum atomic E-state index is 11.4. The number of benzene rings is 1. The largest absolute Gasteiger partial charge is 0.507 e. The van der Waals surface area contributed by atoms with E-state index in [4.69, 9.17) is 0 Å². The predicted molar refractivity (Wildman–Crippen MR) is 126 cm³/mol. The van der Waals surface area contributed by atoms with Crippen LogP contribution in [-0.2, 0) is 16.2 Å². The molecule has 0 heterocycles. The summed E-state index contributed by atoms with van der Waals surface area (Å²) in [5, 5.41) is 11.4. The van der Waals surface area contributed by atoms with Gasteiger partial charge in [-0.15, -0.1) is 0 Å². The Kier molecular flexibility index (Phi) is 8.66. The summed E-state index contributed by atoms with van der Waals surface area (Å²) in [4.78, 5) is 0. The van der Waals surface area contributed by atoms with Crippen molar-refractivity contribution in [3.8, 4) is 5.75 Å². The summed E-state index contributed by atoms with van der Waals surface area (Å²) in [5.74, 6) is 1.26. The van der Waals surface area contributed by atoms with Crippen molar-refractivity contribution >= 4 is 0 Å². The van der Waals surface area contributed by atoms with Crippen LogP contribution in [-0.4, -0.2) is 5.11 Å². The predicted octanol–water partition coefficient (Wildman–Crippen LogP) is 8.65. The van der Waals surface area contributed by atoms with Crippen molar-refractivity contribution in [3.63, 3.8) is 0 Å². The highest BCUT2D eigenvalue weighted by Gasteiger charge is 2.33. The lowest BCUT2D eigenvalue weighted by molar-refractivity contribution is 0.354. The second-order valence-electron chi connectivity index (χ2n) is 11.2. The maximum Gasteiger partial charge on any atom is 0.123 e. The van der Waals surface area contributed by atoms with Crippen LogP contribution in [0.15, 0.2) is 12.1 Å². The van der Waals surface area contributed by atoms with Crippen molar-refractivity contribution in [2.45, 2.75) is 130 Å². The third-order valence-electron chi connectivity index (χ3n) is 6.74. The van der Waals surface area contributed by atoms with Gasteiger partial charge in [0.2, 0.25) is 0 Å². The van der Waals surface area contributed by atoms with Gasteiger partial charge >= 0.3 is 0 Å². The molecule has 0 saturated heterocycles. The van der Waals surface area contributed by atoms with Crippen molar-refractivity contribution in [1.29, 1.82) is 0 Å². The van der Waals surface area contributed by atoms with Gasteiger partial charge in [0.25, 0.3) is 0 Å². The summed E-state index contributed by atoms with van der Waals surface area (Å²) >= 11 is 0. The van der Waals surface area contributed by atoms with Gasteiger partial charge in [0.15, 0.2) is 0 Å². The van der Waals surface area contributed by atoms with Gasteiger partial charge in [-0.2, -0.15) is 0 Å². The van der Waals surface area contributed by atoms with E-state index in [9.17, 15) is 5.11 Å². The van der Waals surface area contributed by atoms with Gasteiger partial charge in [0, 0.05) is 11.1 Å². The zero-order chi connectivity index (χ0) is 21.8. The first-order chi connectivity index (χ1) is 12.8. The van der Waals surface area contributed by atoms with Crippen molar-refractivity contribution in [2.24, 2.45) is 5.92 Å². The molecule has 0 aliphatic carbocycles. The van der Waals surface area contributed by atoms with Crippen LogP contribution in [0.3, 0.4) is 0 Å². The smallest absolute Gasteiger partial charge is 0.123 e. The fourth-order valence-corrected chi connectivity index (χ4v) is 5.16. The summed E-state index contributed by atoms with van der Waals surface area (Å²) in [6.07, 6.45) is 8.14. The van der Waals surface area contributed by atoms with Crippen LogP contribution in [0.5, 0.6) is 5.75 Å². The molecule has 0 spiro atoms. The number of rotatable bonds is 11. The highest BCUT2D eigenvalue weighted by atomic mass is 16.3. The molecule has 162 valence electrons. The molecular formula is C27H48O. The SMILES string of the molecule is CCCC(C)CC(C)(C)c1cc(C(C)(C)CCC)c(O)c(C(C)(C)CCC)c1. The first-order valence-electron chi connectivity index (χ1n) is 11.7. The normalized spacial score (nSPS) is 14.4. The third kappa shape index (κ3) is 6.01. The minimum Gasteiger partial charge on any atom is -0.507 e. The molecule has 1 unspecified atom stereocenters. The van der Waals surface area contributed by atoms with Crippen molar-refractivity contribution < 1.29 is 5.11 Å². The van der Waals surface area contributed by atoms with Gasteiger partial charge in [-0.05, 0) is 47.0 Å². The molecule has 0 amide bonds. The average Bonchev–Trinajstić information content (AvgIpc) is 2.53. The van der Waals surface area contributed by atoms with Crippen LogP contribution in [0.4, 0.5) is 0 Å². The topological polar surface area (TPSA) is 20.2 Å². The quantitative estimate of drug-likeness (QED) is 0.402. The van der Waals surface area contributed by atoms with E-state index < -0.39 is 0 Å². The Labute approximate surface area is 176 Å². The van der Waals surface area contributed by atoms with Gasteiger partial charge in [0.1, 0.15) is 5.75 Å². The number of hydrogen-bond acceptors (Lipinski definition) is 1. The molecule has 0 aliphatic heterocycles. The van der Waals surface area contributed by atoms with Crippen LogP contribution in [0.1, 0.15) is 131 Å². The molecule has 1 aromatic carbocycles. The summed E-state index contributed by atoms with van der Waals surface area (Å²) < 4.78 is 0. The van der Waals surface area contributed by atoms with Gasteiger partial charge in [0.05, 0.1) is 0 Å². The molecule has 0 aromatic heterocycles. The lowest BCUT2D eigenvalue weighted by Gasteiger charge is -2.36. The first kappa shape index (κ1) is 25.1. The van der Waals surface area contributed by atoms with Crippen molar-refractivity contribution in [1.82, 2.24) is 0 Å². The zero-order valence-corrected chi connectivity index (χ0v) is 20.6. The molecular weight excluding hydrogens is 340 g/mol. The van der Waals surface area contributed by atoms with E-state index >= 15 is 0 Å². The fraction of sp³-hybridized carbons (Fsp3) is 0.778. The summed E-state index contributed by atoms with van der Waals surface area (Å²) in [7, 11) is 0. The monoisotopic (exact) mass is 388 g/mol. The standard InChI is InChI=1S/C27H48O/c1-11-14-20(4)19-27(9,10)21-17-22(25(5,6)15-12-2)24(28)23(18-21)26(7,8)16-13-3/h17-18,20,28H,11-16,19H2,1-10H3. The van der Waals surface area contributed by atoms with Gasteiger partial charge in [-0.25, -0.2) is 0 Å². The minimum atomic E-state index is -0.0169. The average molecular weight is 389 g/mol. The van der Waals surface area contributed by atoms with Crippen LogP contribution in [0, 0.1) is 5.92 Å². The second-order valence-corrected chi connectivity index (χ2v) is 11.2. The number of phenols is 1. The number of aromatic hydroxyl groups is 1. The zero-order valence-electron chi connectivity index (χ0n) is 20.6. The Morgan fingerprint density at radius 1 is 0.750 bits per heavy atom. The lowest BCUT2D eigenvalue weighted by atomic mass is 9.69. The summed E-state index contributed by atoms with van der Waals surface area (Å²) in [6.45, 7) is 23.1. The van der Waals surface area contributed by atoms with Crippen LogP contribution in [0.25, 0.3) is 0 Å². The lowest BCUT2D eigenvalue weighted by Crippen LogP contribution is -2.26. The van der Waals surface area contributed by atoms with Gasteiger partial charge in [-0.1, -0.05) is 107 Å². The molecule has 0 aliphatic rings. The molecule has 1 heteroatoms. The van der Waals surface area contributed by atoms with Crippen molar-refractivity contribution in [2.75, 3.05) is 0 Å². The molecule has 0 bridgehead atoms.